The highest BCUT2D eigenvalue weighted by Crippen LogP contribution is 2.24. The minimum atomic E-state index is -0.114. The van der Waals surface area contributed by atoms with Crippen molar-refractivity contribution in [3.8, 4) is 5.75 Å². The van der Waals surface area contributed by atoms with E-state index >= 15 is 0 Å². The molecule has 2 heterocycles. The normalized spacial score (nSPS) is 10.9. The fourth-order valence-corrected chi connectivity index (χ4v) is 2.20. The van der Waals surface area contributed by atoms with Crippen LogP contribution in [-0.4, -0.2) is 29.9 Å². The van der Waals surface area contributed by atoms with Gasteiger partial charge in [0.2, 0.25) is 5.91 Å². The largest absolute Gasteiger partial charge is 0.496 e. The number of nitrogens with zero attached hydrogens (tertiary/aromatic N) is 2. The summed E-state index contributed by atoms with van der Waals surface area (Å²) in [4.78, 5) is 18.1. The average Bonchev–Trinajstić information content (AvgIpc) is 3.01. The third-order valence-corrected chi connectivity index (χ3v) is 3.45. The molecule has 0 aromatic carbocycles. The molecule has 2 aromatic heterocycles. The smallest absolute Gasteiger partial charge is 0.246 e. The van der Waals surface area contributed by atoms with Crippen molar-refractivity contribution in [2.24, 2.45) is 0 Å². The number of methoxy groups -OCH3 is 1. The van der Waals surface area contributed by atoms with E-state index in [-0.39, 0.29) is 5.91 Å². The quantitative estimate of drug-likeness (QED) is 0.797. The average molecular weight is 300 g/mol. The first kappa shape index (κ1) is 15.8. The second kappa shape index (κ2) is 6.93. The maximum atomic E-state index is 12.1. The van der Waals surface area contributed by atoms with E-state index in [1.54, 1.807) is 49.7 Å². The molecule has 0 aliphatic heterocycles. The van der Waals surface area contributed by atoms with E-state index in [0.717, 1.165) is 22.6 Å². The monoisotopic (exact) mass is 300 g/mol. The summed E-state index contributed by atoms with van der Waals surface area (Å²) >= 11 is 0. The van der Waals surface area contributed by atoms with Gasteiger partial charge in [0, 0.05) is 30.4 Å². The lowest BCUT2D eigenvalue weighted by Gasteiger charge is -2.18. The van der Waals surface area contributed by atoms with Gasteiger partial charge >= 0.3 is 0 Å². The molecule has 116 valence electrons. The highest BCUT2D eigenvalue weighted by atomic mass is 16.5. The van der Waals surface area contributed by atoms with Crippen molar-refractivity contribution in [2.45, 2.75) is 20.4 Å². The summed E-state index contributed by atoms with van der Waals surface area (Å²) in [6.07, 6.45) is 6.46. The zero-order valence-corrected chi connectivity index (χ0v) is 13.3. The Morgan fingerprint density at radius 3 is 2.86 bits per heavy atom. The lowest BCUT2D eigenvalue weighted by atomic mass is 10.1. The summed E-state index contributed by atoms with van der Waals surface area (Å²) in [5, 5.41) is 0. The summed E-state index contributed by atoms with van der Waals surface area (Å²) in [6.45, 7) is 4.32. The van der Waals surface area contributed by atoms with E-state index in [4.69, 9.17) is 9.15 Å². The van der Waals surface area contributed by atoms with Crippen molar-refractivity contribution in [1.82, 2.24) is 9.88 Å². The topological polar surface area (TPSA) is 55.6 Å². The second-order valence-corrected chi connectivity index (χ2v) is 5.09. The van der Waals surface area contributed by atoms with Crippen LogP contribution in [0.4, 0.5) is 0 Å². The minimum absolute atomic E-state index is 0.114. The maximum absolute atomic E-state index is 12.1. The molecule has 5 nitrogen and oxygen atoms in total. The minimum Gasteiger partial charge on any atom is -0.496 e. The molecule has 2 aromatic rings. The summed E-state index contributed by atoms with van der Waals surface area (Å²) in [7, 11) is 3.38. The number of aromatic nitrogens is 1. The molecule has 0 atom stereocenters. The van der Waals surface area contributed by atoms with Crippen molar-refractivity contribution in [3.05, 3.63) is 53.2 Å². The van der Waals surface area contributed by atoms with Gasteiger partial charge < -0.3 is 14.1 Å². The van der Waals surface area contributed by atoms with Crippen molar-refractivity contribution in [2.75, 3.05) is 14.2 Å². The van der Waals surface area contributed by atoms with Crippen LogP contribution in [0.3, 0.4) is 0 Å². The van der Waals surface area contributed by atoms with Crippen LogP contribution >= 0.6 is 0 Å². The summed E-state index contributed by atoms with van der Waals surface area (Å²) in [6, 6.07) is 3.57. The van der Waals surface area contributed by atoms with Gasteiger partial charge in [0.05, 0.1) is 25.6 Å². The van der Waals surface area contributed by atoms with Gasteiger partial charge in [-0.15, -0.1) is 0 Å². The van der Waals surface area contributed by atoms with Crippen LogP contribution in [0, 0.1) is 13.8 Å². The van der Waals surface area contributed by atoms with Gasteiger partial charge in [-0.2, -0.15) is 0 Å². The molecule has 0 saturated heterocycles. The van der Waals surface area contributed by atoms with Crippen LogP contribution in [-0.2, 0) is 11.3 Å². The first-order valence-corrected chi connectivity index (χ1v) is 6.98. The predicted octanol–water partition coefficient (Wildman–Crippen LogP) is 2.97. The number of pyridine rings is 1. The number of carbonyl (C=O) groups excluding carboxylic acids is 1. The van der Waals surface area contributed by atoms with Gasteiger partial charge in [0.15, 0.2) is 0 Å². The van der Waals surface area contributed by atoms with E-state index in [0.29, 0.717) is 12.3 Å². The Balaban J connectivity index is 2.08. The lowest BCUT2D eigenvalue weighted by molar-refractivity contribution is -0.125. The van der Waals surface area contributed by atoms with Crippen molar-refractivity contribution in [3.63, 3.8) is 0 Å². The number of amides is 1. The summed E-state index contributed by atoms with van der Waals surface area (Å²) in [5.41, 5.74) is 2.76. The molecule has 0 fully saturated rings. The number of rotatable bonds is 5. The number of ether oxygens (including phenoxy) is 1. The molecule has 0 aliphatic carbocycles. The Hall–Kier alpha value is -2.56. The van der Waals surface area contributed by atoms with Gasteiger partial charge in [-0.25, -0.2) is 0 Å². The van der Waals surface area contributed by atoms with E-state index in [9.17, 15) is 4.79 Å². The van der Waals surface area contributed by atoms with Gasteiger partial charge in [-0.1, -0.05) is 0 Å². The Morgan fingerprint density at radius 2 is 2.23 bits per heavy atom. The van der Waals surface area contributed by atoms with Crippen molar-refractivity contribution >= 4 is 12.0 Å². The Labute approximate surface area is 130 Å². The number of aryl methyl sites for hydroxylation is 1. The van der Waals surface area contributed by atoms with Crippen molar-refractivity contribution in [1.29, 1.82) is 0 Å². The lowest BCUT2D eigenvalue weighted by Crippen LogP contribution is -2.25. The van der Waals surface area contributed by atoms with Gasteiger partial charge in [-0.05, 0) is 32.1 Å². The molecular weight excluding hydrogens is 280 g/mol. The van der Waals surface area contributed by atoms with Crippen LogP contribution in [0.15, 0.2) is 35.1 Å². The van der Waals surface area contributed by atoms with E-state index in [1.165, 1.54) is 6.08 Å². The van der Waals surface area contributed by atoms with Crippen LogP contribution in [0.2, 0.25) is 0 Å². The predicted molar refractivity (Wildman–Crippen MR) is 84.5 cm³/mol. The fraction of sp³-hybridized carbons (Fsp3) is 0.294. The Bertz CT molecular complexity index is 675. The second-order valence-electron chi connectivity index (χ2n) is 5.09. The van der Waals surface area contributed by atoms with Crippen molar-refractivity contribution < 1.29 is 13.9 Å². The number of carbonyl (C=O) groups is 1. The van der Waals surface area contributed by atoms with Crippen LogP contribution in [0.25, 0.3) is 6.08 Å². The summed E-state index contributed by atoms with van der Waals surface area (Å²) < 4.78 is 10.5. The van der Waals surface area contributed by atoms with Gasteiger partial charge in [-0.3, -0.25) is 9.78 Å². The number of hydrogen-bond donors (Lipinski definition) is 0. The third kappa shape index (κ3) is 3.55. The molecule has 0 unspecified atom stereocenters. The van der Waals surface area contributed by atoms with E-state index in [2.05, 4.69) is 4.98 Å². The zero-order valence-electron chi connectivity index (χ0n) is 13.3. The molecule has 0 bridgehead atoms. The number of hydrogen-bond acceptors (Lipinski definition) is 4. The Kier molecular flexibility index (Phi) is 4.99. The van der Waals surface area contributed by atoms with Crippen LogP contribution < -0.4 is 4.74 Å². The molecular formula is C17H20N2O3. The maximum Gasteiger partial charge on any atom is 0.246 e. The van der Waals surface area contributed by atoms with E-state index < -0.39 is 0 Å². The molecule has 1 amide bonds. The molecule has 0 spiro atoms. The summed E-state index contributed by atoms with van der Waals surface area (Å²) in [5.74, 6) is 1.35. The number of furan rings is 1. The highest BCUT2D eigenvalue weighted by molar-refractivity contribution is 5.91. The first-order valence-electron chi connectivity index (χ1n) is 6.98. The standard InChI is InChI=1S/C17H20N2O3/c1-12-10-18-15(13(2)17(12)21-4)11-19(3)16(20)8-7-14-6-5-9-22-14/h5-10H,11H2,1-4H3/b8-7-. The third-order valence-electron chi connectivity index (χ3n) is 3.45. The van der Waals surface area contributed by atoms with E-state index in [1.807, 2.05) is 13.8 Å². The van der Waals surface area contributed by atoms with Crippen LogP contribution in [0.1, 0.15) is 22.6 Å². The number of likely N-dealkylation sites (N-methyl/N-ethyl adjacent to an activating group) is 1. The highest BCUT2D eigenvalue weighted by Gasteiger charge is 2.13. The first-order chi connectivity index (χ1) is 10.5. The van der Waals surface area contributed by atoms with Gasteiger partial charge in [0.25, 0.3) is 0 Å². The molecule has 2 rings (SSSR count). The fourth-order valence-electron chi connectivity index (χ4n) is 2.20. The Morgan fingerprint density at radius 1 is 1.45 bits per heavy atom. The molecule has 0 aliphatic rings. The zero-order chi connectivity index (χ0) is 16.1. The van der Waals surface area contributed by atoms with Gasteiger partial charge in [0.1, 0.15) is 11.5 Å². The van der Waals surface area contributed by atoms with Crippen LogP contribution in [0.5, 0.6) is 5.75 Å². The molecule has 0 radical (unpaired) electrons. The molecule has 0 saturated carbocycles. The molecule has 0 N–H and O–H groups in total. The molecule has 22 heavy (non-hydrogen) atoms. The molecule has 5 heteroatoms. The SMILES string of the molecule is COc1c(C)cnc(CN(C)C(=O)/C=C\c2ccco2)c1C.